The van der Waals surface area contributed by atoms with Gasteiger partial charge in [0.1, 0.15) is 5.76 Å². The van der Waals surface area contributed by atoms with Gasteiger partial charge in [0, 0.05) is 5.92 Å². The molecular formula is C13H19NO3. The minimum Gasteiger partial charge on any atom is -0.461 e. The molecule has 1 heterocycles. The minimum absolute atomic E-state index is 0.327. The van der Waals surface area contributed by atoms with Gasteiger partial charge in [-0.05, 0) is 25.7 Å². The summed E-state index contributed by atoms with van der Waals surface area (Å²) in [4.78, 5) is 15.7. The highest BCUT2D eigenvalue weighted by molar-refractivity contribution is 5.88. The van der Waals surface area contributed by atoms with E-state index in [9.17, 15) is 4.79 Å². The Hall–Kier alpha value is -1.32. The van der Waals surface area contributed by atoms with Gasteiger partial charge >= 0.3 is 5.97 Å². The Bertz CT molecular complexity index is 378. The molecule has 0 saturated heterocycles. The van der Waals surface area contributed by atoms with Gasteiger partial charge in [-0.25, -0.2) is 9.78 Å². The average Bonchev–Trinajstić information content (AvgIpc) is 2.79. The quantitative estimate of drug-likeness (QED) is 0.758. The summed E-state index contributed by atoms with van der Waals surface area (Å²) >= 11 is 0. The van der Waals surface area contributed by atoms with E-state index in [0.29, 0.717) is 18.2 Å². The molecule has 17 heavy (non-hydrogen) atoms. The molecule has 2 rings (SSSR count). The van der Waals surface area contributed by atoms with E-state index in [4.69, 9.17) is 9.15 Å². The van der Waals surface area contributed by atoms with Gasteiger partial charge in [0.25, 0.3) is 0 Å². The predicted octanol–water partition coefficient (Wildman–Crippen LogP) is 3.15. The number of esters is 1. The molecule has 0 aromatic carbocycles. The summed E-state index contributed by atoms with van der Waals surface area (Å²) in [6.07, 6.45) is 5.87. The van der Waals surface area contributed by atoms with Crippen molar-refractivity contribution < 1.29 is 13.9 Å². The van der Waals surface area contributed by atoms with Crippen LogP contribution in [0.25, 0.3) is 0 Å². The minimum atomic E-state index is -0.366. The summed E-state index contributed by atoms with van der Waals surface area (Å²) in [5.74, 6) is 1.46. The van der Waals surface area contributed by atoms with Gasteiger partial charge in [0.05, 0.1) is 6.61 Å². The third-order valence-electron chi connectivity index (χ3n) is 3.45. The van der Waals surface area contributed by atoms with Gasteiger partial charge in [0.15, 0.2) is 12.1 Å². The fourth-order valence-corrected chi connectivity index (χ4v) is 2.42. The first-order chi connectivity index (χ1) is 8.22. The standard InChI is InChI=1S/C13H19NO3/c1-3-16-13(15)11-12(17-8-14-11)10-6-4-9(2)5-7-10/h8-10H,3-7H2,1-2H3. The van der Waals surface area contributed by atoms with Crippen LogP contribution in [0.1, 0.15) is 61.7 Å². The molecule has 94 valence electrons. The van der Waals surface area contributed by atoms with E-state index in [1.807, 2.05) is 0 Å². The van der Waals surface area contributed by atoms with E-state index >= 15 is 0 Å². The fraction of sp³-hybridized carbons (Fsp3) is 0.692. The highest BCUT2D eigenvalue weighted by atomic mass is 16.5. The van der Waals surface area contributed by atoms with E-state index in [1.165, 1.54) is 19.2 Å². The molecule has 1 fully saturated rings. The molecule has 1 saturated carbocycles. The van der Waals surface area contributed by atoms with Crippen molar-refractivity contribution in [2.75, 3.05) is 6.61 Å². The number of oxazole rings is 1. The molecule has 4 nitrogen and oxygen atoms in total. The highest BCUT2D eigenvalue weighted by Crippen LogP contribution is 2.36. The average molecular weight is 237 g/mol. The highest BCUT2D eigenvalue weighted by Gasteiger charge is 2.28. The Morgan fingerprint density at radius 3 is 2.82 bits per heavy atom. The lowest BCUT2D eigenvalue weighted by Crippen LogP contribution is -2.14. The van der Waals surface area contributed by atoms with Crippen molar-refractivity contribution in [2.45, 2.75) is 45.4 Å². The molecule has 0 spiro atoms. The third-order valence-corrected chi connectivity index (χ3v) is 3.45. The summed E-state index contributed by atoms with van der Waals surface area (Å²) in [5, 5.41) is 0. The maximum Gasteiger partial charge on any atom is 0.360 e. The molecular weight excluding hydrogens is 218 g/mol. The molecule has 0 radical (unpaired) electrons. The van der Waals surface area contributed by atoms with Crippen LogP contribution < -0.4 is 0 Å². The van der Waals surface area contributed by atoms with Crippen molar-refractivity contribution in [1.82, 2.24) is 4.98 Å². The van der Waals surface area contributed by atoms with Crippen LogP contribution in [0, 0.1) is 5.92 Å². The van der Waals surface area contributed by atoms with Crippen molar-refractivity contribution >= 4 is 5.97 Å². The normalized spacial score (nSPS) is 24.6. The summed E-state index contributed by atoms with van der Waals surface area (Å²) < 4.78 is 10.4. The molecule has 1 aliphatic carbocycles. The maximum atomic E-state index is 11.7. The Morgan fingerprint density at radius 1 is 1.47 bits per heavy atom. The number of ether oxygens (including phenoxy) is 1. The number of carbonyl (C=O) groups excluding carboxylic acids is 1. The SMILES string of the molecule is CCOC(=O)c1ncoc1C1CCC(C)CC1. The lowest BCUT2D eigenvalue weighted by Gasteiger charge is -2.24. The number of nitrogens with zero attached hydrogens (tertiary/aromatic N) is 1. The van der Waals surface area contributed by atoms with E-state index in [0.717, 1.165) is 24.5 Å². The lowest BCUT2D eigenvalue weighted by atomic mass is 9.81. The van der Waals surface area contributed by atoms with E-state index < -0.39 is 0 Å². The predicted molar refractivity (Wildman–Crippen MR) is 62.8 cm³/mol. The molecule has 0 atom stereocenters. The molecule has 1 aliphatic rings. The molecule has 0 N–H and O–H groups in total. The third kappa shape index (κ3) is 2.68. The van der Waals surface area contributed by atoms with Crippen molar-refractivity contribution in [3.63, 3.8) is 0 Å². The number of hydrogen-bond donors (Lipinski definition) is 0. The summed E-state index contributed by atoms with van der Waals surface area (Å²) in [7, 11) is 0. The smallest absolute Gasteiger partial charge is 0.360 e. The second-order valence-corrected chi connectivity index (χ2v) is 4.74. The van der Waals surface area contributed by atoms with Crippen molar-refractivity contribution in [2.24, 2.45) is 5.92 Å². The number of aromatic nitrogens is 1. The Labute approximate surface area is 101 Å². The lowest BCUT2D eigenvalue weighted by molar-refractivity contribution is 0.0516. The Balaban J connectivity index is 2.10. The summed E-state index contributed by atoms with van der Waals surface area (Å²) in [6.45, 7) is 4.43. The second-order valence-electron chi connectivity index (χ2n) is 4.74. The largest absolute Gasteiger partial charge is 0.461 e. The van der Waals surface area contributed by atoms with E-state index in [2.05, 4.69) is 11.9 Å². The monoisotopic (exact) mass is 237 g/mol. The first-order valence-electron chi connectivity index (χ1n) is 6.32. The maximum absolute atomic E-state index is 11.7. The van der Waals surface area contributed by atoms with Gasteiger partial charge < -0.3 is 9.15 Å². The molecule has 1 aromatic heterocycles. The van der Waals surface area contributed by atoms with Crippen LogP contribution >= 0.6 is 0 Å². The molecule has 1 aromatic rings. The molecule has 0 aliphatic heterocycles. The Kier molecular flexibility index (Phi) is 3.82. The van der Waals surface area contributed by atoms with Gasteiger partial charge in [-0.1, -0.05) is 19.8 Å². The first kappa shape index (κ1) is 12.1. The van der Waals surface area contributed by atoms with Crippen molar-refractivity contribution in [3.8, 4) is 0 Å². The van der Waals surface area contributed by atoms with Gasteiger partial charge in [-0.2, -0.15) is 0 Å². The van der Waals surface area contributed by atoms with E-state index in [-0.39, 0.29) is 5.97 Å². The van der Waals surface area contributed by atoms with Crippen LogP contribution in [0.5, 0.6) is 0 Å². The molecule has 0 amide bonds. The van der Waals surface area contributed by atoms with Gasteiger partial charge in [-0.3, -0.25) is 0 Å². The zero-order valence-electron chi connectivity index (χ0n) is 10.4. The van der Waals surface area contributed by atoms with Crippen molar-refractivity contribution in [1.29, 1.82) is 0 Å². The van der Waals surface area contributed by atoms with Crippen molar-refractivity contribution in [3.05, 3.63) is 17.8 Å². The van der Waals surface area contributed by atoms with Gasteiger partial charge in [-0.15, -0.1) is 0 Å². The zero-order valence-corrected chi connectivity index (χ0v) is 10.4. The van der Waals surface area contributed by atoms with Crippen LogP contribution in [-0.4, -0.2) is 17.6 Å². The van der Waals surface area contributed by atoms with Crippen LogP contribution in [0.15, 0.2) is 10.8 Å². The Morgan fingerprint density at radius 2 is 2.18 bits per heavy atom. The fourth-order valence-electron chi connectivity index (χ4n) is 2.42. The number of carbonyl (C=O) groups is 1. The van der Waals surface area contributed by atoms with Gasteiger partial charge in [0.2, 0.25) is 0 Å². The van der Waals surface area contributed by atoms with Crippen LogP contribution in [0.4, 0.5) is 0 Å². The number of hydrogen-bond acceptors (Lipinski definition) is 4. The van der Waals surface area contributed by atoms with E-state index in [1.54, 1.807) is 6.92 Å². The number of rotatable bonds is 3. The summed E-state index contributed by atoms with van der Waals surface area (Å²) in [6, 6.07) is 0. The topological polar surface area (TPSA) is 52.3 Å². The molecule has 0 bridgehead atoms. The van der Waals surface area contributed by atoms with Crippen LogP contribution in [0.3, 0.4) is 0 Å². The zero-order chi connectivity index (χ0) is 12.3. The molecule has 4 heteroatoms. The second kappa shape index (κ2) is 5.34. The first-order valence-corrected chi connectivity index (χ1v) is 6.32. The molecule has 0 unspecified atom stereocenters. The van der Waals surface area contributed by atoms with Crippen LogP contribution in [0.2, 0.25) is 0 Å². The summed E-state index contributed by atoms with van der Waals surface area (Å²) in [5.41, 5.74) is 0.367. The van der Waals surface area contributed by atoms with Crippen LogP contribution in [-0.2, 0) is 4.74 Å².